The fourth-order valence-electron chi connectivity index (χ4n) is 2.47. The Morgan fingerprint density at radius 3 is 2.72 bits per heavy atom. The van der Waals surface area contributed by atoms with Crippen molar-refractivity contribution in [2.75, 3.05) is 18.0 Å². The third-order valence-corrected chi connectivity index (χ3v) is 4.33. The molecule has 2 unspecified atom stereocenters. The summed E-state index contributed by atoms with van der Waals surface area (Å²) in [7, 11) is 0. The molecule has 1 fully saturated rings. The highest BCUT2D eigenvalue weighted by Crippen LogP contribution is 2.34. The van der Waals surface area contributed by atoms with Crippen LogP contribution >= 0.6 is 23.2 Å². The highest BCUT2D eigenvalue weighted by atomic mass is 35.5. The van der Waals surface area contributed by atoms with E-state index >= 15 is 0 Å². The summed E-state index contributed by atoms with van der Waals surface area (Å²) in [4.78, 5) is 2.38. The molecule has 1 aliphatic heterocycles. The van der Waals surface area contributed by atoms with Crippen LogP contribution in [0.2, 0.25) is 10.0 Å². The smallest absolute Gasteiger partial charge is 0.0643 e. The van der Waals surface area contributed by atoms with Gasteiger partial charge < -0.3 is 10.2 Å². The lowest BCUT2D eigenvalue weighted by molar-refractivity contribution is 0.402. The fraction of sp³-hybridized carbons (Fsp3) is 0.571. The van der Waals surface area contributed by atoms with Gasteiger partial charge >= 0.3 is 0 Å². The molecule has 0 saturated carbocycles. The van der Waals surface area contributed by atoms with E-state index in [9.17, 15) is 0 Å². The van der Waals surface area contributed by atoms with Gasteiger partial charge in [-0.05, 0) is 38.0 Å². The number of anilines is 1. The van der Waals surface area contributed by atoms with Crippen LogP contribution < -0.4 is 10.2 Å². The summed E-state index contributed by atoms with van der Waals surface area (Å²) in [6.45, 7) is 8.36. The van der Waals surface area contributed by atoms with Crippen molar-refractivity contribution in [3.63, 3.8) is 0 Å². The summed E-state index contributed by atoms with van der Waals surface area (Å²) >= 11 is 12.6. The maximum Gasteiger partial charge on any atom is 0.0643 e. The van der Waals surface area contributed by atoms with E-state index in [1.54, 1.807) is 0 Å². The highest BCUT2D eigenvalue weighted by molar-refractivity contribution is 6.35. The van der Waals surface area contributed by atoms with E-state index in [-0.39, 0.29) is 0 Å². The van der Waals surface area contributed by atoms with Gasteiger partial charge in [-0.1, -0.05) is 30.1 Å². The second-order valence-electron chi connectivity index (χ2n) is 5.08. The average Bonchev–Trinajstić information content (AvgIpc) is 2.34. The molecule has 2 rings (SSSR count). The quantitative estimate of drug-likeness (QED) is 0.888. The van der Waals surface area contributed by atoms with Crippen LogP contribution in [0, 0.1) is 6.92 Å². The van der Waals surface area contributed by atoms with Crippen molar-refractivity contribution in [1.29, 1.82) is 0 Å². The molecule has 1 saturated heterocycles. The Morgan fingerprint density at radius 2 is 2.06 bits per heavy atom. The predicted octanol–water partition coefficient (Wildman–Crippen LogP) is 3.88. The second kappa shape index (κ2) is 5.68. The van der Waals surface area contributed by atoms with Gasteiger partial charge in [-0.25, -0.2) is 0 Å². The van der Waals surface area contributed by atoms with E-state index in [2.05, 4.69) is 24.1 Å². The Bertz CT molecular complexity index is 434. The minimum atomic E-state index is 0.476. The number of halogens is 2. The lowest BCUT2D eigenvalue weighted by atomic mass is 10.1. The van der Waals surface area contributed by atoms with E-state index in [0.29, 0.717) is 12.1 Å². The molecule has 2 atom stereocenters. The Morgan fingerprint density at radius 1 is 1.33 bits per heavy atom. The van der Waals surface area contributed by atoms with Gasteiger partial charge in [0.2, 0.25) is 0 Å². The van der Waals surface area contributed by atoms with Crippen LogP contribution in [0.3, 0.4) is 0 Å². The molecule has 1 aliphatic rings. The first-order valence-corrected chi connectivity index (χ1v) is 7.24. The molecular formula is C14H20Cl2N2. The molecule has 0 aromatic heterocycles. The van der Waals surface area contributed by atoms with Gasteiger partial charge in [-0.3, -0.25) is 0 Å². The van der Waals surface area contributed by atoms with Crippen LogP contribution in [0.5, 0.6) is 0 Å². The van der Waals surface area contributed by atoms with Crippen molar-refractivity contribution in [1.82, 2.24) is 5.32 Å². The van der Waals surface area contributed by atoms with Crippen molar-refractivity contribution in [3.8, 4) is 0 Å². The number of hydrogen-bond donors (Lipinski definition) is 1. The lowest BCUT2D eigenvalue weighted by Crippen LogP contribution is -2.55. The summed E-state index contributed by atoms with van der Waals surface area (Å²) in [5, 5.41) is 5.09. The number of aryl methyl sites for hydroxylation is 1. The maximum absolute atomic E-state index is 6.38. The SMILES string of the molecule is CCC1CNC(C)CN1c1cc(Cl)c(C)cc1Cl. The van der Waals surface area contributed by atoms with Crippen molar-refractivity contribution in [2.24, 2.45) is 0 Å². The van der Waals surface area contributed by atoms with E-state index < -0.39 is 0 Å². The van der Waals surface area contributed by atoms with Crippen LogP contribution in [0.25, 0.3) is 0 Å². The van der Waals surface area contributed by atoms with E-state index in [1.165, 1.54) is 0 Å². The number of hydrogen-bond acceptors (Lipinski definition) is 2. The highest BCUT2D eigenvalue weighted by Gasteiger charge is 2.26. The van der Waals surface area contributed by atoms with Crippen molar-refractivity contribution in [2.45, 2.75) is 39.3 Å². The number of nitrogens with one attached hydrogen (secondary N) is 1. The zero-order valence-corrected chi connectivity index (χ0v) is 12.6. The zero-order valence-electron chi connectivity index (χ0n) is 11.1. The molecule has 18 heavy (non-hydrogen) atoms. The standard InChI is InChI=1S/C14H20Cl2N2/c1-4-11-7-17-10(3)8-18(11)14-6-12(15)9(2)5-13(14)16/h5-6,10-11,17H,4,7-8H2,1-3H3. The molecule has 0 aliphatic carbocycles. The first-order valence-electron chi connectivity index (χ1n) is 6.48. The molecule has 2 nitrogen and oxygen atoms in total. The first-order chi connectivity index (χ1) is 8.52. The third-order valence-electron chi connectivity index (χ3n) is 3.62. The van der Waals surface area contributed by atoms with Gasteiger partial charge in [-0.2, -0.15) is 0 Å². The Kier molecular flexibility index (Phi) is 4.41. The molecule has 4 heteroatoms. The molecular weight excluding hydrogens is 267 g/mol. The minimum absolute atomic E-state index is 0.476. The summed E-state index contributed by atoms with van der Waals surface area (Å²) in [6.07, 6.45) is 1.10. The van der Waals surface area contributed by atoms with Gasteiger partial charge in [-0.15, -0.1) is 0 Å². The molecule has 0 amide bonds. The van der Waals surface area contributed by atoms with Crippen molar-refractivity contribution < 1.29 is 0 Å². The van der Waals surface area contributed by atoms with Crippen LogP contribution in [0.15, 0.2) is 12.1 Å². The van der Waals surface area contributed by atoms with Gasteiger partial charge in [0.05, 0.1) is 10.7 Å². The lowest BCUT2D eigenvalue weighted by Gasteiger charge is -2.41. The third kappa shape index (κ3) is 2.76. The van der Waals surface area contributed by atoms with Crippen LogP contribution in [-0.4, -0.2) is 25.2 Å². The zero-order chi connectivity index (χ0) is 13.3. The van der Waals surface area contributed by atoms with Crippen LogP contribution in [-0.2, 0) is 0 Å². The summed E-state index contributed by atoms with van der Waals surface area (Å²) in [5.41, 5.74) is 2.09. The van der Waals surface area contributed by atoms with Crippen LogP contribution in [0.4, 0.5) is 5.69 Å². The average molecular weight is 287 g/mol. The second-order valence-corrected chi connectivity index (χ2v) is 5.89. The molecule has 1 aromatic carbocycles. The first kappa shape index (κ1) is 14.0. The number of rotatable bonds is 2. The Labute approximate surface area is 119 Å². The number of benzene rings is 1. The number of piperazine rings is 1. The van der Waals surface area contributed by atoms with E-state index in [1.807, 2.05) is 19.1 Å². The topological polar surface area (TPSA) is 15.3 Å². The molecule has 1 heterocycles. The molecule has 100 valence electrons. The fourth-order valence-corrected chi connectivity index (χ4v) is 2.96. The predicted molar refractivity (Wildman–Crippen MR) is 80.1 cm³/mol. The van der Waals surface area contributed by atoms with Crippen molar-refractivity contribution >= 4 is 28.9 Å². The van der Waals surface area contributed by atoms with Gasteiger partial charge in [0, 0.05) is 30.2 Å². The van der Waals surface area contributed by atoms with E-state index in [0.717, 1.165) is 40.8 Å². The monoisotopic (exact) mass is 286 g/mol. The number of nitrogens with zero attached hydrogens (tertiary/aromatic N) is 1. The molecule has 0 spiro atoms. The van der Waals surface area contributed by atoms with Gasteiger partial charge in [0.25, 0.3) is 0 Å². The minimum Gasteiger partial charge on any atom is -0.364 e. The summed E-state index contributed by atoms with van der Waals surface area (Å²) < 4.78 is 0. The van der Waals surface area contributed by atoms with Crippen molar-refractivity contribution in [3.05, 3.63) is 27.7 Å². The maximum atomic E-state index is 6.38. The molecule has 1 N–H and O–H groups in total. The van der Waals surface area contributed by atoms with Gasteiger partial charge in [0.15, 0.2) is 0 Å². The normalized spacial score (nSPS) is 24.4. The molecule has 1 aromatic rings. The Balaban J connectivity index is 2.36. The largest absolute Gasteiger partial charge is 0.364 e. The Hall–Kier alpha value is -0.440. The molecule has 0 bridgehead atoms. The summed E-state index contributed by atoms with van der Waals surface area (Å²) in [5.74, 6) is 0. The summed E-state index contributed by atoms with van der Waals surface area (Å²) in [6, 6.07) is 4.92. The van der Waals surface area contributed by atoms with Gasteiger partial charge in [0.1, 0.15) is 0 Å². The van der Waals surface area contributed by atoms with E-state index in [4.69, 9.17) is 23.2 Å². The molecule has 0 radical (unpaired) electrons. The van der Waals surface area contributed by atoms with Crippen LogP contribution in [0.1, 0.15) is 25.8 Å².